The molecule has 5 heteroatoms. The Balaban J connectivity index is 1.10. The molecule has 3 aliphatic heterocycles. The predicted molar refractivity (Wildman–Crippen MR) is 125 cm³/mol. The lowest BCUT2D eigenvalue weighted by atomic mass is 9.89. The van der Waals surface area contributed by atoms with Crippen molar-refractivity contribution in [2.24, 2.45) is 5.92 Å². The highest BCUT2D eigenvalue weighted by molar-refractivity contribution is 6.02. The third-order valence-corrected chi connectivity index (χ3v) is 7.49. The van der Waals surface area contributed by atoms with E-state index in [2.05, 4.69) is 17.0 Å². The number of benzene rings is 2. The van der Waals surface area contributed by atoms with E-state index in [4.69, 9.17) is 0 Å². The van der Waals surface area contributed by atoms with Gasteiger partial charge in [-0.2, -0.15) is 0 Å². The number of hydrogen-bond acceptors (Lipinski definition) is 4. The molecule has 0 unspecified atom stereocenters. The molecule has 2 aromatic rings. The molecule has 0 spiro atoms. The third-order valence-electron chi connectivity index (χ3n) is 7.49. The van der Waals surface area contributed by atoms with Gasteiger partial charge >= 0.3 is 0 Å². The van der Waals surface area contributed by atoms with Gasteiger partial charge in [0.05, 0.1) is 5.69 Å². The minimum atomic E-state index is 0.226. The Morgan fingerprint density at radius 2 is 1.78 bits per heavy atom. The number of phenols is 1. The zero-order valence-electron chi connectivity index (χ0n) is 18.7. The van der Waals surface area contributed by atoms with Crippen LogP contribution in [0.1, 0.15) is 59.2 Å². The van der Waals surface area contributed by atoms with E-state index >= 15 is 0 Å². The van der Waals surface area contributed by atoms with Gasteiger partial charge in [0.25, 0.3) is 0 Å². The number of phenolic OH excluding ortho intramolecular Hbond substituents is 1. The fourth-order valence-electron chi connectivity index (χ4n) is 5.60. The first-order valence-electron chi connectivity index (χ1n) is 12.1. The van der Waals surface area contributed by atoms with Crippen LogP contribution < -0.4 is 4.90 Å². The normalized spacial score (nSPS) is 18.8. The molecule has 1 amide bonds. The van der Waals surface area contributed by atoms with Crippen LogP contribution in [0.3, 0.4) is 0 Å². The Labute approximate surface area is 190 Å². The van der Waals surface area contributed by atoms with Crippen LogP contribution in [0.15, 0.2) is 36.4 Å². The van der Waals surface area contributed by atoms with Gasteiger partial charge in [-0.05, 0) is 98.5 Å². The largest absolute Gasteiger partial charge is 0.508 e. The first-order valence-corrected chi connectivity index (χ1v) is 12.1. The van der Waals surface area contributed by atoms with Crippen LogP contribution in [-0.2, 0) is 24.1 Å². The number of Topliss-reactive ketones (excluding diaryl/α,β-unsaturated/α-hetero) is 1. The molecular weight excluding hydrogens is 400 g/mol. The molecule has 0 aromatic heterocycles. The monoisotopic (exact) mass is 432 g/mol. The second kappa shape index (κ2) is 9.07. The Morgan fingerprint density at radius 1 is 1.00 bits per heavy atom. The van der Waals surface area contributed by atoms with E-state index in [0.29, 0.717) is 24.5 Å². The maximum Gasteiger partial charge on any atom is 0.227 e. The Kier molecular flexibility index (Phi) is 6.01. The quantitative estimate of drug-likeness (QED) is 0.668. The number of hydrogen-bond donors (Lipinski definition) is 1. The van der Waals surface area contributed by atoms with Crippen molar-refractivity contribution in [3.8, 4) is 5.75 Å². The maximum atomic E-state index is 13.0. The summed E-state index contributed by atoms with van der Waals surface area (Å²) >= 11 is 0. The molecule has 3 aliphatic rings. The predicted octanol–water partition coefficient (Wildman–Crippen LogP) is 4.15. The van der Waals surface area contributed by atoms with Gasteiger partial charge in [0.1, 0.15) is 5.75 Å². The molecule has 1 fully saturated rings. The minimum absolute atomic E-state index is 0.226. The van der Waals surface area contributed by atoms with E-state index in [1.54, 1.807) is 6.07 Å². The smallest absolute Gasteiger partial charge is 0.227 e. The van der Waals surface area contributed by atoms with Crippen molar-refractivity contribution >= 4 is 17.4 Å². The molecule has 5 nitrogen and oxygen atoms in total. The van der Waals surface area contributed by atoms with Crippen molar-refractivity contribution in [2.45, 2.75) is 51.4 Å². The lowest BCUT2D eigenvalue weighted by Gasteiger charge is -2.32. The number of aryl methyl sites for hydroxylation is 1. The second-order valence-electron chi connectivity index (χ2n) is 9.61. The lowest BCUT2D eigenvalue weighted by Crippen LogP contribution is -2.35. The standard InChI is InChI=1S/C27H32N2O3/c30-24-3-1-2-20(16-24)10-14-28-12-8-19(9-13-28)4-6-25(31)23-17-21-5-7-26(32)29-15-11-22(18-23)27(21)29/h1-3,16-19,30H,4-15H2. The maximum absolute atomic E-state index is 13.0. The molecule has 0 atom stereocenters. The molecule has 5 rings (SSSR count). The molecule has 2 aromatic carbocycles. The summed E-state index contributed by atoms with van der Waals surface area (Å²) in [5.74, 6) is 1.44. The summed E-state index contributed by atoms with van der Waals surface area (Å²) in [5, 5.41) is 9.61. The van der Waals surface area contributed by atoms with Crippen molar-refractivity contribution in [1.82, 2.24) is 4.90 Å². The molecule has 1 saturated heterocycles. The highest BCUT2D eigenvalue weighted by Gasteiger charge is 2.32. The van der Waals surface area contributed by atoms with Crippen LogP contribution in [0.5, 0.6) is 5.75 Å². The zero-order valence-corrected chi connectivity index (χ0v) is 18.7. The number of amides is 1. The van der Waals surface area contributed by atoms with E-state index in [1.807, 2.05) is 23.1 Å². The van der Waals surface area contributed by atoms with Crippen molar-refractivity contribution in [2.75, 3.05) is 31.1 Å². The summed E-state index contributed by atoms with van der Waals surface area (Å²) < 4.78 is 0. The summed E-state index contributed by atoms with van der Waals surface area (Å²) in [6, 6.07) is 11.6. The number of ketones is 1. The fourth-order valence-corrected chi connectivity index (χ4v) is 5.60. The van der Waals surface area contributed by atoms with Crippen LogP contribution in [0.4, 0.5) is 5.69 Å². The molecule has 0 radical (unpaired) electrons. The summed E-state index contributed by atoms with van der Waals surface area (Å²) in [6.07, 6.45) is 7.05. The average molecular weight is 433 g/mol. The SMILES string of the molecule is O=C(CCC1CCN(CCc2cccc(O)c2)CC1)c1cc2c3c(c1)CCN3C(=O)CC2. The molecule has 0 bridgehead atoms. The van der Waals surface area contributed by atoms with E-state index in [1.165, 1.54) is 16.7 Å². The highest BCUT2D eigenvalue weighted by atomic mass is 16.3. The van der Waals surface area contributed by atoms with Gasteiger partial charge in [-0.25, -0.2) is 0 Å². The van der Waals surface area contributed by atoms with Gasteiger partial charge in [0.2, 0.25) is 5.91 Å². The topological polar surface area (TPSA) is 60.9 Å². The van der Waals surface area contributed by atoms with Crippen LogP contribution in [0.2, 0.25) is 0 Å². The molecule has 1 N–H and O–H groups in total. The van der Waals surface area contributed by atoms with Gasteiger partial charge in [-0.1, -0.05) is 12.1 Å². The first kappa shape index (κ1) is 21.2. The molecule has 32 heavy (non-hydrogen) atoms. The molecule has 168 valence electrons. The molecule has 0 aliphatic carbocycles. The molecule has 0 saturated carbocycles. The molecular formula is C27H32N2O3. The average Bonchev–Trinajstić information content (AvgIpc) is 3.24. The summed E-state index contributed by atoms with van der Waals surface area (Å²) in [7, 11) is 0. The van der Waals surface area contributed by atoms with Crippen molar-refractivity contribution in [3.63, 3.8) is 0 Å². The van der Waals surface area contributed by atoms with E-state index < -0.39 is 0 Å². The van der Waals surface area contributed by atoms with E-state index in [0.717, 1.165) is 76.0 Å². The van der Waals surface area contributed by atoms with Gasteiger partial charge in [-0.15, -0.1) is 0 Å². The highest BCUT2D eigenvalue weighted by Crippen LogP contribution is 2.38. The number of rotatable bonds is 7. The number of carbonyl (C=O) groups excluding carboxylic acids is 2. The third kappa shape index (κ3) is 4.44. The fraction of sp³-hybridized carbons (Fsp3) is 0.481. The summed E-state index contributed by atoms with van der Waals surface area (Å²) in [5.41, 5.74) is 5.48. The number of anilines is 1. The van der Waals surface area contributed by atoms with Crippen LogP contribution in [0.25, 0.3) is 0 Å². The van der Waals surface area contributed by atoms with Crippen LogP contribution >= 0.6 is 0 Å². The minimum Gasteiger partial charge on any atom is -0.508 e. The van der Waals surface area contributed by atoms with Crippen molar-refractivity contribution < 1.29 is 14.7 Å². The number of likely N-dealkylation sites (tertiary alicyclic amines) is 1. The van der Waals surface area contributed by atoms with Crippen molar-refractivity contribution in [1.29, 1.82) is 0 Å². The summed E-state index contributed by atoms with van der Waals surface area (Å²) in [4.78, 5) is 29.5. The Hall–Kier alpha value is -2.66. The van der Waals surface area contributed by atoms with E-state index in [-0.39, 0.29) is 11.7 Å². The first-order chi connectivity index (χ1) is 15.6. The number of nitrogens with zero attached hydrogens (tertiary/aromatic N) is 2. The number of piperidine rings is 1. The number of carbonyl (C=O) groups is 2. The lowest BCUT2D eigenvalue weighted by molar-refractivity contribution is -0.118. The van der Waals surface area contributed by atoms with Gasteiger partial charge in [0.15, 0.2) is 5.78 Å². The van der Waals surface area contributed by atoms with Crippen LogP contribution in [-0.4, -0.2) is 47.9 Å². The van der Waals surface area contributed by atoms with Gasteiger partial charge in [-0.3, -0.25) is 9.59 Å². The van der Waals surface area contributed by atoms with Crippen LogP contribution in [0, 0.1) is 5.92 Å². The Bertz CT molecular complexity index is 1020. The zero-order chi connectivity index (χ0) is 22.1. The summed E-state index contributed by atoms with van der Waals surface area (Å²) in [6.45, 7) is 3.96. The second-order valence-corrected chi connectivity index (χ2v) is 9.61. The van der Waals surface area contributed by atoms with Gasteiger partial charge in [0, 0.05) is 31.5 Å². The molecule has 3 heterocycles. The van der Waals surface area contributed by atoms with Gasteiger partial charge < -0.3 is 14.9 Å². The number of aromatic hydroxyl groups is 1. The van der Waals surface area contributed by atoms with E-state index in [9.17, 15) is 14.7 Å². The Morgan fingerprint density at radius 3 is 2.56 bits per heavy atom. The van der Waals surface area contributed by atoms with Crippen molar-refractivity contribution in [3.05, 3.63) is 58.7 Å².